The first-order chi connectivity index (χ1) is 12.8. The Balaban J connectivity index is 1.91. The van der Waals surface area contributed by atoms with Gasteiger partial charge in [-0.3, -0.25) is 4.79 Å². The highest BCUT2D eigenvalue weighted by molar-refractivity contribution is 6.35. The van der Waals surface area contributed by atoms with Crippen molar-refractivity contribution in [3.63, 3.8) is 0 Å². The van der Waals surface area contributed by atoms with E-state index < -0.39 is 29.8 Å². The summed E-state index contributed by atoms with van der Waals surface area (Å²) in [6.45, 7) is 3.21. The SMILES string of the molecule is C[C@H](OC(=O)/C=C/c1cccc(F)c1)C(=O)N[C@H](C)c1ccc(Cl)cc1Cl. The minimum atomic E-state index is -1.01. The second-order valence-electron chi connectivity index (χ2n) is 5.86. The molecule has 0 bridgehead atoms. The normalized spacial score (nSPS) is 13.2. The van der Waals surface area contributed by atoms with E-state index in [1.54, 1.807) is 31.2 Å². The highest BCUT2D eigenvalue weighted by Gasteiger charge is 2.20. The molecule has 0 spiro atoms. The summed E-state index contributed by atoms with van der Waals surface area (Å²) in [7, 11) is 0. The molecule has 0 saturated carbocycles. The lowest BCUT2D eigenvalue weighted by molar-refractivity contribution is -0.150. The number of amides is 1. The lowest BCUT2D eigenvalue weighted by Crippen LogP contribution is -2.37. The van der Waals surface area contributed by atoms with Crippen molar-refractivity contribution < 1.29 is 18.7 Å². The van der Waals surface area contributed by atoms with Crippen LogP contribution in [0, 0.1) is 5.82 Å². The monoisotopic (exact) mass is 409 g/mol. The third-order valence-corrected chi connectivity index (χ3v) is 4.27. The second kappa shape index (κ2) is 9.53. The fraction of sp³-hybridized carbons (Fsp3) is 0.200. The molecule has 142 valence electrons. The fourth-order valence-corrected chi connectivity index (χ4v) is 2.87. The van der Waals surface area contributed by atoms with E-state index in [9.17, 15) is 14.0 Å². The van der Waals surface area contributed by atoms with Crippen molar-refractivity contribution in [2.45, 2.75) is 26.0 Å². The lowest BCUT2D eigenvalue weighted by atomic mass is 10.1. The Hall–Kier alpha value is -2.37. The van der Waals surface area contributed by atoms with Crippen LogP contribution in [0.4, 0.5) is 4.39 Å². The minimum absolute atomic E-state index is 0.397. The van der Waals surface area contributed by atoms with Gasteiger partial charge in [-0.15, -0.1) is 0 Å². The molecule has 2 aromatic carbocycles. The van der Waals surface area contributed by atoms with Gasteiger partial charge in [-0.1, -0.05) is 41.4 Å². The molecule has 0 aliphatic carbocycles. The van der Waals surface area contributed by atoms with Crippen LogP contribution in [-0.2, 0) is 14.3 Å². The maximum absolute atomic E-state index is 13.1. The Morgan fingerprint density at radius 2 is 1.89 bits per heavy atom. The van der Waals surface area contributed by atoms with Crippen molar-refractivity contribution in [1.29, 1.82) is 0 Å². The zero-order valence-corrected chi connectivity index (χ0v) is 16.2. The molecule has 2 atom stereocenters. The summed E-state index contributed by atoms with van der Waals surface area (Å²) >= 11 is 12.0. The molecule has 0 aliphatic heterocycles. The van der Waals surface area contributed by atoms with Gasteiger partial charge in [0.15, 0.2) is 6.10 Å². The molecule has 0 aromatic heterocycles. The quantitative estimate of drug-likeness (QED) is 0.541. The van der Waals surface area contributed by atoms with Crippen LogP contribution in [-0.4, -0.2) is 18.0 Å². The molecule has 4 nitrogen and oxygen atoms in total. The average molecular weight is 410 g/mol. The molecule has 0 unspecified atom stereocenters. The molecule has 2 rings (SSSR count). The van der Waals surface area contributed by atoms with Gasteiger partial charge in [0.05, 0.1) is 6.04 Å². The Kier molecular flexibility index (Phi) is 7.39. The molecular formula is C20H18Cl2FNO3. The van der Waals surface area contributed by atoms with Crippen molar-refractivity contribution in [1.82, 2.24) is 5.32 Å². The van der Waals surface area contributed by atoms with Crippen LogP contribution >= 0.6 is 23.2 Å². The minimum Gasteiger partial charge on any atom is -0.449 e. The number of hydrogen-bond acceptors (Lipinski definition) is 3. The Morgan fingerprint density at radius 1 is 1.15 bits per heavy atom. The molecule has 0 aliphatic rings. The molecule has 1 N–H and O–H groups in total. The number of esters is 1. The van der Waals surface area contributed by atoms with Gasteiger partial charge in [0.25, 0.3) is 5.91 Å². The molecule has 1 amide bonds. The first kappa shape index (κ1) is 20.9. The fourth-order valence-electron chi connectivity index (χ4n) is 2.30. The van der Waals surface area contributed by atoms with Crippen LogP contribution in [0.3, 0.4) is 0 Å². The maximum atomic E-state index is 13.1. The molecule has 27 heavy (non-hydrogen) atoms. The van der Waals surface area contributed by atoms with Gasteiger partial charge in [-0.2, -0.15) is 0 Å². The third kappa shape index (κ3) is 6.38. The summed E-state index contributed by atoms with van der Waals surface area (Å²) in [5.41, 5.74) is 1.20. The standard InChI is InChI=1S/C20H18Cl2FNO3/c1-12(17-8-7-15(21)11-18(17)22)24-20(26)13(2)27-19(25)9-6-14-4-3-5-16(23)10-14/h3-13H,1-2H3,(H,24,26)/b9-6+/t12-,13+/m1/s1. The molecular weight excluding hydrogens is 392 g/mol. The van der Waals surface area contributed by atoms with Gasteiger partial charge in [0.1, 0.15) is 5.82 Å². The van der Waals surface area contributed by atoms with Crippen LogP contribution < -0.4 is 5.32 Å². The van der Waals surface area contributed by atoms with E-state index in [1.807, 2.05) is 0 Å². The van der Waals surface area contributed by atoms with Crippen LogP contribution in [0.15, 0.2) is 48.5 Å². The van der Waals surface area contributed by atoms with Gasteiger partial charge >= 0.3 is 5.97 Å². The molecule has 0 saturated heterocycles. The van der Waals surface area contributed by atoms with E-state index >= 15 is 0 Å². The van der Waals surface area contributed by atoms with E-state index in [1.165, 1.54) is 31.2 Å². The zero-order chi connectivity index (χ0) is 20.0. The van der Waals surface area contributed by atoms with E-state index in [2.05, 4.69) is 5.32 Å². The van der Waals surface area contributed by atoms with Crippen molar-refractivity contribution in [3.8, 4) is 0 Å². The van der Waals surface area contributed by atoms with Crippen LogP contribution in [0.1, 0.15) is 31.0 Å². The number of carbonyl (C=O) groups excluding carboxylic acids is 2. The second-order valence-corrected chi connectivity index (χ2v) is 6.71. The van der Waals surface area contributed by atoms with Crippen LogP contribution in [0.25, 0.3) is 6.08 Å². The van der Waals surface area contributed by atoms with Crippen molar-refractivity contribution >= 4 is 41.2 Å². The van der Waals surface area contributed by atoms with E-state index in [0.29, 0.717) is 21.2 Å². The smallest absolute Gasteiger partial charge is 0.331 e. The summed E-state index contributed by atoms with van der Waals surface area (Å²) in [5.74, 6) is -1.59. The molecule has 0 radical (unpaired) electrons. The Bertz CT molecular complexity index is 870. The van der Waals surface area contributed by atoms with E-state index in [0.717, 1.165) is 6.08 Å². The highest BCUT2D eigenvalue weighted by atomic mass is 35.5. The molecule has 0 heterocycles. The summed E-state index contributed by atoms with van der Waals surface area (Å²) in [6, 6.07) is 10.3. The topological polar surface area (TPSA) is 55.4 Å². The number of halogens is 3. The van der Waals surface area contributed by atoms with Crippen molar-refractivity contribution in [3.05, 3.63) is 75.5 Å². The van der Waals surface area contributed by atoms with Crippen LogP contribution in [0.5, 0.6) is 0 Å². The maximum Gasteiger partial charge on any atom is 0.331 e. The first-order valence-electron chi connectivity index (χ1n) is 8.16. The number of nitrogens with one attached hydrogen (secondary N) is 1. The Labute approximate surface area is 166 Å². The van der Waals surface area contributed by atoms with E-state index in [-0.39, 0.29) is 0 Å². The van der Waals surface area contributed by atoms with Gasteiger partial charge < -0.3 is 10.1 Å². The summed E-state index contributed by atoms with van der Waals surface area (Å²) < 4.78 is 18.2. The number of rotatable bonds is 6. The molecule has 7 heteroatoms. The predicted molar refractivity (Wildman–Crippen MR) is 104 cm³/mol. The average Bonchev–Trinajstić information content (AvgIpc) is 2.59. The summed E-state index contributed by atoms with van der Waals surface area (Å²) in [4.78, 5) is 24.1. The van der Waals surface area contributed by atoms with Gasteiger partial charge in [0, 0.05) is 16.1 Å². The predicted octanol–water partition coefficient (Wildman–Crippen LogP) is 4.95. The largest absolute Gasteiger partial charge is 0.449 e. The summed E-state index contributed by atoms with van der Waals surface area (Å²) in [6.07, 6.45) is 1.53. The number of hydrogen-bond donors (Lipinski definition) is 1. The highest BCUT2D eigenvalue weighted by Crippen LogP contribution is 2.26. The molecule has 2 aromatic rings. The van der Waals surface area contributed by atoms with Gasteiger partial charge in [-0.05, 0) is 55.3 Å². The van der Waals surface area contributed by atoms with Crippen molar-refractivity contribution in [2.24, 2.45) is 0 Å². The van der Waals surface area contributed by atoms with Gasteiger partial charge in [-0.25, -0.2) is 9.18 Å². The molecule has 0 fully saturated rings. The lowest BCUT2D eigenvalue weighted by Gasteiger charge is -2.19. The zero-order valence-electron chi connectivity index (χ0n) is 14.7. The van der Waals surface area contributed by atoms with Gasteiger partial charge in [0.2, 0.25) is 0 Å². The third-order valence-electron chi connectivity index (χ3n) is 3.71. The van der Waals surface area contributed by atoms with E-state index in [4.69, 9.17) is 27.9 Å². The number of benzene rings is 2. The van der Waals surface area contributed by atoms with Crippen LogP contribution in [0.2, 0.25) is 10.0 Å². The summed E-state index contributed by atoms with van der Waals surface area (Å²) in [5, 5.41) is 3.65. The Morgan fingerprint density at radius 3 is 2.56 bits per heavy atom. The first-order valence-corrected chi connectivity index (χ1v) is 8.91. The van der Waals surface area contributed by atoms with Crippen molar-refractivity contribution in [2.75, 3.05) is 0 Å². The number of carbonyl (C=O) groups is 2. The number of ether oxygens (including phenoxy) is 1.